The SMILES string of the molecule is O=C(O)c1sc(Cl)cc1Br. The van der Waals surface area contributed by atoms with Crippen LogP contribution in [0.25, 0.3) is 0 Å². The van der Waals surface area contributed by atoms with Crippen LogP contribution in [0.1, 0.15) is 9.67 Å². The van der Waals surface area contributed by atoms with Crippen LogP contribution in [0.4, 0.5) is 0 Å². The van der Waals surface area contributed by atoms with Gasteiger partial charge in [-0.2, -0.15) is 0 Å². The second kappa shape index (κ2) is 2.90. The molecule has 0 radical (unpaired) electrons. The number of thiophene rings is 1. The first-order chi connectivity index (χ1) is 4.61. The molecule has 0 aromatic carbocycles. The topological polar surface area (TPSA) is 37.3 Å². The molecule has 1 aromatic rings. The summed E-state index contributed by atoms with van der Waals surface area (Å²) in [5, 5.41) is 8.50. The maximum atomic E-state index is 10.4. The lowest BCUT2D eigenvalue weighted by molar-refractivity contribution is 0.0701. The zero-order chi connectivity index (χ0) is 7.72. The minimum atomic E-state index is -0.955. The van der Waals surface area contributed by atoms with Crippen molar-refractivity contribution < 1.29 is 9.90 Å². The van der Waals surface area contributed by atoms with Gasteiger partial charge in [-0.3, -0.25) is 0 Å². The molecule has 0 atom stereocenters. The average molecular weight is 241 g/mol. The van der Waals surface area contributed by atoms with E-state index in [1.165, 1.54) is 0 Å². The number of aromatic carboxylic acids is 1. The highest BCUT2D eigenvalue weighted by molar-refractivity contribution is 9.10. The second-order valence-electron chi connectivity index (χ2n) is 1.53. The molecule has 1 heterocycles. The predicted molar refractivity (Wildman–Crippen MR) is 44.0 cm³/mol. The van der Waals surface area contributed by atoms with E-state index in [0.717, 1.165) is 11.3 Å². The third-order valence-corrected chi connectivity index (χ3v) is 2.99. The Balaban J connectivity index is 3.15. The van der Waals surface area contributed by atoms with Gasteiger partial charge in [-0.1, -0.05) is 11.6 Å². The van der Waals surface area contributed by atoms with Crippen LogP contribution in [-0.4, -0.2) is 11.1 Å². The molecule has 0 amide bonds. The van der Waals surface area contributed by atoms with Crippen molar-refractivity contribution in [3.8, 4) is 0 Å². The molecule has 0 saturated heterocycles. The molecule has 2 nitrogen and oxygen atoms in total. The molecule has 0 spiro atoms. The highest BCUT2D eigenvalue weighted by Crippen LogP contribution is 2.30. The molecule has 5 heteroatoms. The molecule has 0 unspecified atom stereocenters. The Morgan fingerprint density at radius 3 is 2.60 bits per heavy atom. The van der Waals surface area contributed by atoms with Gasteiger partial charge in [0.15, 0.2) is 0 Å². The molecule has 0 bridgehead atoms. The molecule has 1 N–H and O–H groups in total. The van der Waals surface area contributed by atoms with E-state index >= 15 is 0 Å². The number of carbonyl (C=O) groups is 1. The lowest BCUT2D eigenvalue weighted by atomic mass is 10.5. The fourth-order valence-corrected chi connectivity index (χ4v) is 2.37. The van der Waals surface area contributed by atoms with Gasteiger partial charge in [-0.15, -0.1) is 11.3 Å². The van der Waals surface area contributed by atoms with Crippen molar-refractivity contribution in [2.45, 2.75) is 0 Å². The molecule has 0 aliphatic rings. The maximum absolute atomic E-state index is 10.4. The Bertz CT molecular complexity index is 271. The Labute approximate surface area is 74.6 Å². The Morgan fingerprint density at radius 1 is 1.80 bits per heavy atom. The summed E-state index contributed by atoms with van der Waals surface area (Å²) < 4.78 is 1.01. The van der Waals surface area contributed by atoms with Gasteiger partial charge in [0, 0.05) is 4.47 Å². The van der Waals surface area contributed by atoms with Crippen LogP contribution in [0, 0.1) is 0 Å². The lowest BCUT2D eigenvalue weighted by Crippen LogP contribution is -1.91. The summed E-state index contributed by atoms with van der Waals surface area (Å²) in [5.74, 6) is -0.955. The van der Waals surface area contributed by atoms with Crippen molar-refractivity contribution in [1.82, 2.24) is 0 Å². The van der Waals surface area contributed by atoms with E-state index in [4.69, 9.17) is 16.7 Å². The van der Waals surface area contributed by atoms with Crippen molar-refractivity contribution in [3.63, 3.8) is 0 Å². The first kappa shape index (κ1) is 8.04. The lowest BCUT2D eigenvalue weighted by Gasteiger charge is -1.84. The zero-order valence-electron chi connectivity index (χ0n) is 4.60. The zero-order valence-corrected chi connectivity index (χ0v) is 7.76. The molecule has 1 rings (SSSR count). The first-order valence-corrected chi connectivity index (χ1v) is 4.28. The maximum Gasteiger partial charge on any atom is 0.347 e. The summed E-state index contributed by atoms with van der Waals surface area (Å²) in [6.07, 6.45) is 0. The van der Waals surface area contributed by atoms with Gasteiger partial charge in [0.2, 0.25) is 0 Å². The fourth-order valence-electron chi connectivity index (χ4n) is 0.487. The molecular formula is C5H2BrClO2S. The number of hydrogen-bond donors (Lipinski definition) is 1. The van der Waals surface area contributed by atoms with Gasteiger partial charge in [0.1, 0.15) is 4.88 Å². The number of rotatable bonds is 1. The Kier molecular flexibility index (Phi) is 2.33. The quantitative estimate of drug-likeness (QED) is 0.821. The van der Waals surface area contributed by atoms with E-state index in [1.54, 1.807) is 6.07 Å². The fraction of sp³-hybridized carbons (Fsp3) is 0. The van der Waals surface area contributed by atoms with Gasteiger partial charge < -0.3 is 5.11 Å². The van der Waals surface area contributed by atoms with Crippen molar-refractivity contribution in [2.75, 3.05) is 0 Å². The van der Waals surface area contributed by atoms with Crippen molar-refractivity contribution in [3.05, 3.63) is 19.8 Å². The highest BCUT2D eigenvalue weighted by Gasteiger charge is 2.11. The smallest absolute Gasteiger partial charge is 0.347 e. The average Bonchev–Trinajstić information content (AvgIpc) is 2.10. The van der Waals surface area contributed by atoms with Crippen LogP contribution in [0.5, 0.6) is 0 Å². The standard InChI is InChI=1S/C5H2BrClO2S/c6-2-1-3(7)10-4(2)5(8)9/h1H,(H,8,9). The molecular weight excluding hydrogens is 239 g/mol. The van der Waals surface area contributed by atoms with Crippen molar-refractivity contribution in [2.24, 2.45) is 0 Å². The summed E-state index contributed by atoms with van der Waals surface area (Å²) >= 11 is 9.64. The van der Waals surface area contributed by atoms with E-state index < -0.39 is 5.97 Å². The Morgan fingerprint density at radius 2 is 2.40 bits per heavy atom. The van der Waals surface area contributed by atoms with Gasteiger partial charge in [-0.25, -0.2) is 4.79 Å². The summed E-state index contributed by atoms with van der Waals surface area (Å²) in [6.45, 7) is 0. The van der Waals surface area contributed by atoms with E-state index in [9.17, 15) is 4.79 Å². The van der Waals surface area contributed by atoms with Crippen LogP contribution in [0.2, 0.25) is 4.34 Å². The van der Waals surface area contributed by atoms with E-state index in [-0.39, 0.29) is 4.88 Å². The van der Waals surface area contributed by atoms with Crippen molar-refractivity contribution >= 4 is 44.8 Å². The molecule has 0 aliphatic heterocycles. The number of halogens is 2. The van der Waals surface area contributed by atoms with Crippen molar-refractivity contribution in [1.29, 1.82) is 0 Å². The van der Waals surface area contributed by atoms with E-state index in [1.807, 2.05) is 0 Å². The predicted octanol–water partition coefficient (Wildman–Crippen LogP) is 2.86. The van der Waals surface area contributed by atoms with E-state index in [2.05, 4.69) is 15.9 Å². The van der Waals surface area contributed by atoms with Crippen LogP contribution >= 0.6 is 38.9 Å². The first-order valence-electron chi connectivity index (χ1n) is 2.29. The number of carboxylic acid groups (broad SMARTS) is 1. The summed E-state index contributed by atoms with van der Waals surface area (Å²) in [6, 6.07) is 1.57. The molecule has 54 valence electrons. The van der Waals surface area contributed by atoms with Crippen LogP contribution in [0.3, 0.4) is 0 Å². The van der Waals surface area contributed by atoms with Crippen LogP contribution < -0.4 is 0 Å². The number of carboxylic acids is 1. The molecule has 10 heavy (non-hydrogen) atoms. The molecule has 1 aromatic heterocycles. The summed E-state index contributed by atoms with van der Waals surface area (Å²) in [4.78, 5) is 10.6. The van der Waals surface area contributed by atoms with Gasteiger partial charge in [0.05, 0.1) is 4.34 Å². The van der Waals surface area contributed by atoms with Crippen LogP contribution in [-0.2, 0) is 0 Å². The minimum absolute atomic E-state index is 0.241. The summed E-state index contributed by atoms with van der Waals surface area (Å²) in [7, 11) is 0. The highest BCUT2D eigenvalue weighted by atomic mass is 79.9. The van der Waals surface area contributed by atoms with Gasteiger partial charge >= 0.3 is 5.97 Å². The second-order valence-corrected chi connectivity index (χ2v) is 4.07. The number of hydrogen-bond acceptors (Lipinski definition) is 2. The third kappa shape index (κ3) is 1.51. The van der Waals surface area contributed by atoms with Gasteiger partial charge in [0.25, 0.3) is 0 Å². The van der Waals surface area contributed by atoms with Gasteiger partial charge in [-0.05, 0) is 22.0 Å². The molecule has 0 aliphatic carbocycles. The minimum Gasteiger partial charge on any atom is -0.477 e. The molecule has 0 saturated carbocycles. The van der Waals surface area contributed by atoms with E-state index in [0.29, 0.717) is 8.81 Å². The Hall–Kier alpha value is -0.0600. The largest absolute Gasteiger partial charge is 0.477 e. The third-order valence-electron chi connectivity index (χ3n) is 0.851. The van der Waals surface area contributed by atoms with Crippen LogP contribution in [0.15, 0.2) is 10.5 Å². The monoisotopic (exact) mass is 240 g/mol. The summed E-state index contributed by atoms with van der Waals surface area (Å²) in [5.41, 5.74) is 0. The normalized spacial score (nSPS) is 9.80. The molecule has 0 fully saturated rings.